The van der Waals surface area contributed by atoms with Crippen LogP contribution in [-0.2, 0) is 26.2 Å². The number of piperidine rings is 1. The van der Waals surface area contributed by atoms with Gasteiger partial charge in [0.1, 0.15) is 12.1 Å². The van der Waals surface area contributed by atoms with E-state index in [1.165, 1.54) is 0 Å². The largest absolute Gasteiger partial charge is 0.480 e. The molecule has 4 N–H and O–H groups in total. The number of hydrogen-bond acceptors (Lipinski definition) is 8. The number of carbonyl (C=O) groups excluding carboxylic acids is 3. The van der Waals surface area contributed by atoms with Gasteiger partial charge in [0.25, 0.3) is 0 Å². The minimum atomic E-state index is -1.16. The second-order valence-corrected chi connectivity index (χ2v) is 12.1. The summed E-state index contributed by atoms with van der Waals surface area (Å²) in [6, 6.07) is 1.17. The Balaban J connectivity index is 1.42. The van der Waals surface area contributed by atoms with Crippen molar-refractivity contribution in [2.45, 2.75) is 88.6 Å². The first-order valence-electron chi connectivity index (χ1n) is 13.6. The molecule has 2 aliphatic heterocycles. The van der Waals surface area contributed by atoms with Crippen LogP contribution in [0.25, 0.3) is 0 Å². The number of benzene rings is 1. The van der Waals surface area contributed by atoms with Crippen molar-refractivity contribution in [3.05, 3.63) is 23.3 Å². The zero-order valence-corrected chi connectivity index (χ0v) is 22.9. The van der Waals surface area contributed by atoms with Gasteiger partial charge >= 0.3 is 12.1 Å². The maximum absolute atomic E-state index is 13.1. The van der Waals surface area contributed by atoms with E-state index in [-0.39, 0.29) is 35.8 Å². The molecule has 212 valence electrons. The smallest absolute Gasteiger partial charge is 0.413 e. The number of likely N-dealkylation sites (N-methyl/N-ethyl adjacent to an activating group) is 1. The monoisotopic (exact) mass is 543 g/mol. The van der Waals surface area contributed by atoms with Crippen LogP contribution in [0.4, 0.5) is 4.79 Å². The third kappa shape index (κ3) is 4.00. The number of Topliss-reactive ketones (excluding diaryl/α,β-unsaturated/α-hetero) is 1. The summed E-state index contributed by atoms with van der Waals surface area (Å²) in [5.74, 6) is -2.18. The van der Waals surface area contributed by atoms with Gasteiger partial charge in [0, 0.05) is 18.0 Å². The fourth-order valence-electron chi connectivity index (χ4n) is 7.15. The van der Waals surface area contributed by atoms with Crippen molar-refractivity contribution in [3.63, 3.8) is 0 Å². The van der Waals surface area contributed by atoms with Gasteiger partial charge in [-0.3, -0.25) is 9.59 Å². The Morgan fingerprint density at radius 3 is 2.44 bits per heavy atom. The van der Waals surface area contributed by atoms with Crippen LogP contribution >= 0.6 is 0 Å². The van der Waals surface area contributed by atoms with Crippen molar-refractivity contribution in [3.8, 4) is 11.5 Å². The highest BCUT2D eigenvalue weighted by Gasteiger charge is 2.72. The van der Waals surface area contributed by atoms with E-state index >= 15 is 0 Å². The number of ketones is 1. The second kappa shape index (κ2) is 9.48. The minimum Gasteiger partial charge on any atom is -0.480 e. The van der Waals surface area contributed by atoms with Crippen molar-refractivity contribution in [1.82, 2.24) is 15.5 Å². The van der Waals surface area contributed by atoms with E-state index in [0.29, 0.717) is 31.6 Å². The first-order valence-corrected chi connectivity index (χ1v) is 13.6. The molecule has 0 radical (unpaired) electrons. The standard InChI is InChI=1S/C28H37N3O8/c1-13(2)20(24(33)29-21(14(3)4)25(34)35)30-26(36)38-17-7-6-15-12-18-28(37)9-8-16(32)23-27(28,10-11-31(18)5)19(15)22(17)39-23/h6-7,13-14,18,20-21,23,37H,8-12H2,1-5H3,(H,29,33)(H,30,36)(H,34,35)/t18-,20-,21-,23+,27?,28-/m1/s1. The maximum Gasteiger partial charge on any atom is 0.413 e. The highest BCUT2D eigenvalue weighted by molar-refractivity contribution is 5.91. The summed E-state index contributed by atoms with van der Waals surface area (Å²) in [6.07, 6.45) is -0.0718. The van der Waals surface area contributed by atoms with E-state index in [2.05, 4.69) is 15.5 Å². The molecule has 1 saturated carbocycles. The molecule has 1 saturated heterocycles. The summed E-state index contributed by atoms with van der Waals surface area (Å²) >= 11 is 0. The fraction of sp³-hybridized carbons (Fsp3) is 0.643. The van der Waals surface area contributed by atoms with Crippen LogP contribution in [0, 0.1) is 11.8 Å². The van der Waals surface area contributed by atoms with Gasteiger partial charge in [-0.15, -0.1) is 0 Å². The van der Waals surface area contributed by atoms with Crippen LogP contribution in [0.15, 0.2) is 12.1 Å². The normalized spacial score (nSPS) is 30.3. The van der Waals surface area contributed by atoms with E-state index < -0.39 is 47.2 Å². The SMILES string of the molecule is CC(C)[C@@H](NC(=O)[C@H](NC(=O)Oc1ccc2c3c1O[C@H]1C(=O)CC[C@@]4(O)[C@@H](C2)N(C)CCC314)C(C)C)C(=O)O. The molecule has 11 nitrogen and oxygen atoms in total. The van der Waals surface area contributed by atoms with Crippen molar-refractivity contribution >= 4 is 23.8 Å². The van der Waals surface area contributed by atoms with Crippen molar-refractivity contribution in [1.29, 1.82) is 0 Å². The highest BCUT2D eigenvalue weighted by atomic mass is 16.6. The Morgan fingerprint density at radius 2 is 1.79 bits per heavy atom. The molecule has 6 atom stereocenters. The number of ether oxygens (including phenoxy) is 2. The second-order valence-electron chi connectivity index (χ2n) is 12.1. The molecular formula is C28H37N3O8. The van der Waals surface area contributed by atoms with Gasteiger partial charge in [-0.2, -0.15) is 0 Å². The van der Waals surface area contributed by atoms with Crippen LogP contribution in [-0.4, -0.2) is 82.3 Å². The number of carbonyl (C=O) groups is 4. The molecule has 11 heteroatoms. The molecule has 1 unspecified atom stereocenters. The Kier molecular flexibility index (Phi) is 6.66. The van der Waals surface area contributed by atoms with Crippen LogP contribution in [0.3, 0.4) is 0 Å². The molecule has 4 aliphatic rings. The van der Waals surface area contributed by atoms with Crippen LogP contribution in [0.5, 0.6) is 11.5 Å². The van der Waals surface area contributed by atoms with Gasteiger partial charge < -0.3 is 35.2 Å². The number of carboxylic acids is 1. The number of rotatable bonds is 7. The van der Waals surface area contributed by atoms with E-state index in [1.807, 2.05) is 13.1 Å². The molecular weight excluding hydrogens is 506 g/mol. The summed E-state index contributed by atoms with van der Waals surface area (Å²) in [5.41, 5.74) is -0.335. The third-order valence-electron chi connectivity index (χ3n) is 9.17. The zero-order chi connectivity index (χ0) is 28.4. The number of carboxylic acid groups (broad SMARTS) is 1. The van der Waals surface area contributed by atoms with Gasteiger partial charge in [-0.25, -0.2) is 9.59 Å². The summed E-state index contributed by atoms with van der Waals surface area (Å²) in [7, 11) is 1.99. The van der Waals surface area contributed by atoms with Crippen molar-refractivity contribution in [2.75, 3.05) is 13.6 Å². The van der Waals surface area contributed by atoms with E-state index in [0.717, 1.165) is 11.1 Å². The highest BCUT2D eigenvalue weighted by Crippen LogP contribution is 2.64. The Morgan fingerprint density at radius 1 is 1.10 bits per heavy atom. The van der Waals surface area contributed by atoms with Crippen LogP contribution in [0.1, 0.15) is 58.1 Å². The fourth-order valence-corrected chi connectivity index (χ4v) is 7.15. The van der Waals surface area contributed by atoms with Gasteiger partial charge in [0.05, 0.1) is 11.0 Å². The van der Waals surface area contributed by atoms with E-state index in [9.17, 15) is 29.4 Å². The lowest BCUT2D eigenvalue weighted by molar-refractivity contribution is -0.185. The topological polar surface area (TPSA) is 154 Å². The molecule has 2 bridgehead atoms. The zero-order valence-electron chi connectivity index (χ0n) is 22.9. The number of nitrogens with one attached hydrogen (secondary N) is 2. The Hall–Kier alpha value is -3.18. The molecule has 1 spiro atoms. The Labute approximate surface area is 227 Å². The molecule has 1 aromatic carbocycles. The molecule has 39 heavy (non-hydrogen) atoms. The molecule has 1 aromatic rings. The lowest BCUT2D eigenvalue weighted by Gasteiger charge is -2.61. The first kappa shape index (κ1) is 27.4. The average molecular weight is 544 g/mol. The Bertz CT molecular complexity index is 1230. The number of likely N-dealkylation sites (tertiary alicyclic amines) is 1. The number of aliphatic hydroxyl groups is 1. The van der Waals surface area contributed by atoms with E-state index in [1.54, 1.807) is 33.8 Å². The summed E-state index contributed by atoms with van der Waals surface area (Å²) in [5, 5.41) is 26.6. The van der Waals surface area contributed by atoms with Gasteiger partial charge in [0.15, 0.2) is 23.4 Å². The van der Waals surface area contributed by atoms with Crippen LogP contribution < -0.4 is 20.1 Å². The first-order chi connectivity index (χ1) is 18.3. The van der Waals surface area contributed by atoms with E-state index in [4.69, 9.17) is 9.47 Å². The lowest BCUT2D eigenvalue weighted by Crippen LogP contribution is -2.76. The predicted molar refractivity (Wildman–Crippen MR) is 139 cm³/mol. The van der Waals surface area contributed by atoms with Crippen LogP contribution in [0.2, 0.25) is 0 Å². The minimum absolute atomic E-state index is 0.0721. The van der Waals surface area contributed by atoms with Crippen molar-refractivity contribution < 1.29 is 38.9 Å². The summed E-state index contributed by atoms with van der Waals surface area (Å²) < 4.78 is 11.9. The number of amides is 2. The number of aliphatic carboxylic acids is 1. The maximum atomic E-state index is 13.1. The summed E-state index contributed by atoms with van der Waals surface area (Å²) in [4.78, 5) is 52.8. The molecule has 0 aromatic heterocycles. The van der Waals surface area contributed by atoms with Gasteiger partial charge in [-0.1, -0.05) is 33.8 Å². The van der Waals surface area contributed by atoms with Crippen molar-refractivity contribution in [2.24, 2.45) is 11.8 Å². The summed E-state index contributed by atoms with van der Waals surface area (Å²) in [6.45, 7) is 7.51. The number of nitrogens with zero attached hydrogens (tertiary/aromatic N) is 1. The van der Waals surface area contributed by atoms with Gasteiger partial charge in [0.2, 0.25) is 5.91 Å². The average Bonchev–Trinajstić information content (AvgIpc) is 3.22. The van der Waals surface area contributed by atoms with Gasteiger partial charge in [-0.05, 0) is 56.3 Å². The molecule has 2 heterocycles. The molecule has 2 fully saturated rings. The lowest BCUT2D eigenvalue weighted by atomic mass is 9.49. The predicted octanol–water partition coefficient (Wildman–Crippen LogP) is 1.38. The molecule has 2 amide bonds. The number of hydrogen-bond donors (Lipinski definition) is 4. The molecule has 5 rings (SSSR count). The molecule has 2 aliphatic carbocycles. The quantitative estimate of drug-likeness (QED) is 0.399. The third-order valence-corrected chi connectivity index (χ3v) is 9.17.